The van der Waals surface area contributed by atoms with E-state index in [2.05, 4.69) is 10.1 Å². The third kappa shape index (κ3) is 3.79. The Morgan fingerprint density at radius 1 is 1.17 bits per heavy atom. The van der Waals surface area contributed by atoms with Gasteiger partial charge in [-0.05, 0) is 18.2 Å². The summed E-state index contributed by atoms with van der Waals surface area (Å²) in [4.78, 5) is 23.5. The number of nitrogens with one attached hydrogen (secondary N) is 1. The van der Waals surface area contributed by atoms with Crippen LogP contribution >= 0.6 is 0 Å². The quantitative estimate of drug-likeness (QED) is 0.516. The maximum Gasteiger partial charge on any atom is 0.420 e. The van der Waals surface area contributed by atoms with Gasteiger partial charge in [0.2, 0.25) is 0 Å². The maximum absolute atomic E-state index is 12.9. The lowest BCUT2D eigenvalue weighted by Crippen LogP contribution is -2.42. The molecule has 0 spiro atoms. The van der Waals surface area contributed by atoms with Crippen LogP contribution in [0.15, 0.2) is 30.0 Å². The van der Waals surface area contributed by atoms with Gasteiger partial charge in [0.1, 0.15) is 5.75 Å². The molecule has 1 heterocycles. The minimum Gasteiger partial charge on any atom is -0.496 e. The second kappa shape index (κ2) is 6.06. The summed E-state index contributed by atoms with van der Waals surface area (Å²) in [6, 6.07) is 3.21. The highest BCUT2D eigenvalue weighted by Gasteiger charge is 2.39. The van der Waals surface area contributed by atoms with Crippen LogP contribution in [-0.2, 0) is 25.2 Å². The second-order valence-electron chi connectivity index (χ2n) is 5.29. The number of anilines is 1. The Bertz CT molecular complexity index is 688. The lowest BCUT2D eigenvalue weighted by molar-refractivity contribution is -0.222. The number of alkyl halides is 3. The van der Waals surface area contributed by atoms with Gasteiger partial charge < -0.3 is 19.5 Å². The summed E-state index contributed by atoms with van der Waals surface area (Å²) in [6.07, 6.45) is -3.69. The Labute approximate surface area is 135 Å². The number of ether oxygens (including phenoxy) is 3. The fraction of sp³-hybridized carbons (Fsp3) is 0.333. The van der Waals surface area contributed by atoms with E-state index in [0.29, 0.717) is 0 Å². The lowest BCUT2D eigenvalue weighted by atomic mass is 10.1. The third-order valence-corrected chi connectivity index (χ3v) is 3.00. The number of carbonyl (C=O) groups excluding carboxylic acids is 2. The van der Waals surface area contributed by atoms with E-state index in [4.69, 9.17) is 9.47 Å². The van der Waals surface area contributed by atoms with E-state index in [0.717, 1.165) is 25.4 Å². The first kappa shape index (κ1) is 17.6. The van der Waals surface area contributed by atoms with E-state index in [9.17, 15) is 22.8 Å². The molecule has 1 fully saturated rings. The molecule has 0 amide bonds. The standard InChI is InChI=1S/C15H14F3NO5/c1-14(2)23-12(20)9(13(21)24-14)7-19-8-4-5-11(22-3)10(6-8)15(16,17)18/h4-7,19H,1-3H3. The molecule has 1 aliphatic rings. The number of carbonyl (C=O) groups is 2. The minimum atomic E-state index is -4.62. The van der Waals surface area contributed by atoms with Crippen LogP contribution in [0.5, 0.6) is 5.75 Å². The molecule has 6 nitrogen and oxygen atoms in total. The highest BCUT2D eigenvalue weighted by molar-refractivity contribution is 6.15. The Morgan fingerprint density at radius 3 is 2.25 bits per heavy atom. The van der Waals surface area contributed by atoms with Crippen LogP contribution in [0.3, 0.4) is 0 Å². The predicted molar refractivity (Wildman–Crippen MR) is 76.0 cm³/mol. The van der Waals surface area contributed by atoms with Crippen LogP contribution < -0.4 is 10.1 Å². The fourth-order valence-corrected chi connectivity index (χ4v) is 1.95. The number of halogens is 3. The smallest absolute Gasteiger partial charge is 0.420 e. The van der Waals surface area contributed by atoms with Crippen LogP contribution in [0.1, 0.15) is 19.4 Å². The van der Waals surface area contributed by atoms with Crippen molar-refractivity contribution < 1.29 is 37.0 Å². The Kier molecular flexibility index (Phi) is 4.46. The van der Waals surface area contributed by atoms with E-state index in [1.165, 1.54) is 19.9 Å². The first-order valence-electron chi connectivity index (χ1n) is 6.72. The normalized spacial score (nSPS) is 17.0. The molecule has 9 heteroatoms. The molecular weight excluding hydrogens is 331 g/mol. The zero-order valence-electron chi connectivity index (χ0n) is 13.0. The van der Waals surface area contributed by atoms with Crippen molar-refractivity contribution in [3.63, 3.8) is 0 Å². The van der Waals surface area contributed by atoms with Gasteiger partial charge in [0.05, 0.1) is 12.7 Å². The molecule has 0 saturated carbocycles. The van der Waals surface area contributed by atoms with E-state index < -0.39 is 35.0 Å². The summed E-state index contributed by atoms with van der Waals surface area (Å²) < 4.78 is 53.3. The second-order valence-corrected chi connectivity index (χ2v) is 5.29. The van der Waals surface area contributed by atoms with E-state index >= 15 is 0 Å². The molecule has 1 aliphatic heterocycles. The number of rotatable bonds is 3. The molecular formula is C15H14F3NO5. The molecule has 0 radical (unpaired) electrons. The van der Waals surface area contributed by atoms with Crippen molar-refractivity contribution in [1.82, 2.24) is 0 Å². The number of benzene rings is 1. The summed E-state index contributed by atoms with van der Waals surface area (Å²) in [7, 11) is 1.12. The summed E-state index contributed by atoms with van der Waals surface area (Å²) in [5.74, 6) is -3.62. The van der Waals surface area contributed by atoms with Gasteiger partial charge in [-0.2, -0.15) is 13.2 Å². The van der Waals surface area contributed by atoms with E-state index in [1.54, 1.807) is 0 Å². The van der Waals surface area contributed by atoms with Crippen molar-refractivity contribution in [1.29, 1.82) is 0 Å². The van der Waals surface area contributed by atoms with Gasteiger partial charge >= 0.3 is 18.1 Å². The largest absolute Gasteiger partial charge is 0.496 e. The van der Waals surface area contributed by atoms with E-state index in [1.807, 2.05) is 0 Å². The summed E-state index contributed by atoms with van der Waals surface area (Å²) in [6.45, 7) is 2.76. The van der Waals surface area contributed by atoms with Gasteiger partial charge in [-0.15, -0.1) is 0 Å². The Morgan fingerprint density at radius 2 is 1.75 bits per heavy atom. The van der Waals surface area contributed by atoms with Crippen LogP contribution in [-0.4, -0.2) is 24.8 Å². The van der Waals surface area contributed by atoms with Crippen LogP contribution in [0.2, 0.25) is 0 Å². The molecule has 0 aliphatic carbocycles. The van der Waals surface area contributed by atoms with Gasteiger partial charge in [-0.1, -0.05) is 0 Å². The van der Waals surface area contributed by atoms with Gasteiger partial charge in [-0.3, -0.25) is 0 Å². The average Bonchev–Trinajstić information content (AvgIpc) is 2.44. The maximum atomic E-state index is 12.9. The first-order valence-corrected chi connectivity index (χ1v) is 6.72. The van der Waals surface area contributed by atoms with Gasteiger partial charge in [0, 0.05) is 25.7 Å². The predicted octanol–water partition coefficient (Wildman–Crippen LogP) is 2.85. The van der Waals surface area contributed by atoms with Crippen molar-refractivity contribution in [2.24, 2.45) is 0 Å². The molecule has 0 bridgehead atoms. The first-order chi connectivity index (χ1) is 11.0. The van der Waals surface area contributed by atoms with Crippen LogP contribution in [0, 0.1) is 0 Å². The Balaban J connectivity index is 2.26. The zero-order chi connectivity index (χ0) is 18.1. The molecule has 0 aromatic heterocycles. The fourth-order valence-electron chi connectivity index (χ4n) is 1.95. The van der Waals surface area contributed by atoms with Crippen molar-refractivity contribution in [3.8, 4) is 5.75 Å². The lowest BCUT2D eigenvalue weighted by Gasteiger charge is -2.29. The van der Waals surface area contributed by atoms with Crippen molar-refractivity contribution >= 4 is 17.6 Å². The summed E-state index contributed by atoms with van der Waals surface area (Å²) in [5, 5.41) is 2.45. The average molecular weight is 345 g/mol. The molecule has 130 valence electrons. The SMILES string of the molecule is COc1ccc(NC=C2C(=O)OC(C)(C)OC2=O)cc1C(F)(F)F. The van der Waals surface area contributed by atoms with Gasteiger partial charge in [0.25, 0.3) is 5.79 Å². The molecule has 1 aromatic rings. The number of hydrogen-bond acceptors (Lipinski definition) is 6. The number of esters is 2. The van der Waals surface area contributed by atoms with Gasteiger partial charge in [-0.25, -0.2) is 9.59 Å². The van der Waals surface area contributed by atoms with E-state index in [-0.39, 0.29) is 11.4 Å². The monoisotopic (exact) mass is 345 g/mol. The van der Waals surface area contributed by atoms with Crippen LogP contribution in [0.4, 0.5) is 18.9 Å². The molecule has 0 atom stereocenters. The third-order valence-electron chi connectivity index (χ3n) is 3.00. The molecule has 1 saturated heterocycles. The number of cyclic esters (lactones) is 2. The molecule has 24 heavy (non-hydrogen) atoms. The number of methoxy groups -OCH3 is 1. The molecule has 1 aromatic carbocycles. The molecule has 2 rings (SSSR count). The topological polar surface area (TPSA) is 73.9 Å². The van der Waals surface area contributed by atoms with Crippen LogP contribution in [0.25, 0.3) is 0 Å². The highest BCUT2D eigenvalue weighted by atomic mass is 19.4. The minimum absolute atomic E-state index is 0.000980. The zero-order valence-corrected chi connectivity index (χ0v) is 13.0. The van der Waals surface area contributed by atoms with Crippen molar-refractivity contribution in [2.75, 3.05) is 12.4 Å². The summed E-state index contributed by atoms with van der Waals surface area (Å²) >= 11 is 0. The molecule has 1 N–H and O–H groups in total. The molecule has 0 unspecified atom stereocenters. The Hall–Kier alpha value is -2.71. The van der Waals surface area contributed by atoms with Crippen molar-refractivity contribution in [2.45, 2.75) is 25.8 Å². The van der Waals surface area contributed by atoms with Crippen molar-refractivity contribution in [3.05, 3.63) is 35.5 Å². The van der Waals surface area contributed by atoms with Gasteiger partial charge in [0.15, 0.2) is 5.57 Å². The summed E-state index contributed by atoms with van der Waals surface area (Å²) in [5.41, 5.74) is -1.46. The number of hydrogen-bond donors (Lipinski definition) is 1. The highest BCUT2D eigenvalue weighted by Crippen LogP contribution is 2.37.